The standard InChI is InChI=1S/C19H15F2N3O3/c20-14-6-5-12(9-15(14)21)22-16(25)10-24-17(26)19(23-18(24)27)8-7-11-3-1-2-4-13(11)19/h1-6,9H,7-8,10H2,(H,22,25)(H,23,27)/t19-/m0/s1. The van der Waals surface area contributed by atoms with Gasteiger partial charge in [0.2, 0.25) is 5.91 Å². The molecule has 1 aliphatic carbocycles. The highest BCUT2D eigenvalue weighted by molar-refractivity contribution is 6.10. The van der Waals surface area contributed by atoms with E-state index in [-0.39, 0.29) is 5.69 Å². The van der Waals surface area contributed by atoms with E-state index in [1.54, 1.807) is 12.1 Å². The van der Waals surface area contributed by atoms with Gasteiger partial charge in [0, 0.05) is 11.8 Å². The largest absolute Gasteiger partial charge is 0.325 e. The van der Waals surface area contributed by atoms with Crippen LogP contribution in [-0.2, 0) is 21.5 Å². The molecular weight excluding hydrogens is 356 g/mol. The number of anilines is 1. The third-order valence-corrected chi connectivity index (χ3v) is 4.93. The summed E-state index contributed by atoms with van der Waals surface area (Å²) in [6, 6.07) is 9.61. The zero-order valence-corrected chi connectivity index (χ0v) is 14.1. The molecule has 1 atom stereocenters. The quantitative estimate of drug-likeness (QED) is 0.813. The molecular formula is C19H15F2N3O3. The van der Waals surface area contributed by atoms with Gasteiger partial charge in [0.05, 0.1) is 0 Å². The van der Waals surface area contributed by atoms with Gasteiger partial charge in [-0.25, -0.2) is 13.6 Å². The van der Waals surface area contributed by atoms with E-state index in [4.69, 9.17) is 0 Å². The summed E-state index contributed by atoms with van der Waals surface area (Å²) < 4.78 is 26.2. The zero-order valence-electron chi connectivity index (χ0n) is 14.1. The summed E-state index contributed by atoms with van der Waals surface area (Å²) in [5, 5.41) is 5.08. The molecule has 0 aromatic heterocycles. The van der Waals surface area contributed by atoms with Crippen LogP contribution in [0.25, 0.3) is 0 Å². The number of halogens is 2. The van der Waals surface area contributed by atoms with Crippen molar-refractivity contribution in [3.63, 3.8) is 0 Å². The number of rotatable bonds is 3. The maximum Gasteiger partial charge on any atom is 0.325 e. The van der Waals surface area contributed by atoms with Gasteiger partial charge in [-0.2, -0.15) is 0 Å². The molecule has 4 rings (SSSR count). The lowest BCUT2D eigenvalue weighted by Crippen LogP contribution is -2.43. The fourth-order valence-electron chi connectivity index (χ4n) is 3.65. The van der Waals surface area contributed by atoms with Gasteiger partial charge in [-0.1, -0.05) is 24.3 Å². The van der Waals surface area contributed by atoms with E-state index in [0.717, 1.165) is 28.2 Å². The molecule has 6 nitrogen and oxygen atoms in total. The van der Waals surface area contributed by atoms with Gasteiger partial charge in [-0.15, -0.1) is 0 Å². The van der Waals surface area contributed by atoms with Crippen LogP contribution in [0.2, 0.25) is 0 Å². The van der Waals surface area contributed by atoms with E-state index in [0.29, 0.717) is 12.8 Å². The molecule has 1 saturated heterocycles. The highest BCUT2D eigenvalue weighted by atomic mass is 19.2. The molecule has 0 saturated carbocycles. The van der Waals surface area contributed by atoms with Gasteiger partial charge in [0.1, 0.15) is 12.1 Å². The Balaban J connectivity index is 1.52. The predicted molar refractivity (Wildman–Crippen MR) is 91.7 cm³/mol. The van der Waals surface area contributed by atoms with Gasteiger partial charge in [0.25, 0.3) is 5.91 Å². The second kappa shape index (κ2) is 6.15. The smallest absolute Gasteiger partial charge is 0.324 e. The lowest BCUT2D eigenvalue weighted by atomic mass is 9.92. The van der Waals surface area contributed by atoms with E-state index in [2.05, 4.69) is 10.6 Å². The summed E-state index contributed by atoms with van der Waals surface area (Å²) in [4.78, 5) is 38.3. The first-order valence-electron chi connectivity index (χ1n) is 8.38. The third kappa shape index (κ3) is 2.73. The molecule has 2 aliphatic rings. The molecule has 8 heteroatoms. The van der Waals surface area contributed by atoms with Crippen LogP contribution in [0.1, 0.15) is 17.5 Å². The van der Waals surface area contributed by atoms with Gasteiger partial charge >= 0.3 is 6.03 Å². The molecule has 1 fully saturated rings. The number of imide groups is 1. The fourth-order valence-corrected chi connectivity index (χ4v) is 3.65. The number of hydrogen-bond donors (Lipinski definition) is 2. The Labute approximate surface area is 153 Å². The van der Waals surface area contributed by atoms with Crippen LogP contribution < -0.4 is 10.6 Å². The summed E-state index contributed by atoms with van der Waals surface area (Å²) in [6.07, 6.45) is 1.08. The summed E-state index contributed by atoms with van der Waals surface area (Å²) in [5.41, 5.74) is 0.619. The van der Waals surface area contributed by atoms with Crippen molar-refractivity contribution < 1.29 is 23.2 Å². The van der Waals surface area contributed by atoms with Crippen LogP contribution in [0.15, 0.2) is 42.5 Å². The zero-order chi connectivity index (χ0) is 19.2. The number of urea groups is 1. The Kier molecular flexibility index (Phi) is 3.91. The molecule has 2 aromatic carbocycles. The third-order valence-electron chi connectivity index (χ3n) is 4.93. The molecule has 27 heavy (non-hydrogen) atoms. The monoisotopic (exact) mass is 371 g/mol. The molecule has 0 bridgehead atoms. The van der Waals surface area contributed by atoms with Crippen molar-refractivity contribution in [3.8, 4) is 0 Å². The van der Waals surface area contributed by atoms with Crippen molar-refractivity contribution in [3.05, 3.63) is 65.2 Å². The Bertz CT molecular complexity index is 978. The number of carbonyl (C=O) groups is 3. The van der Waals surface area contributed by atoms with Crippen LogP contribution in [-0.4, -0.2) is 29.3 Å². The number of aryl methyl sites for hydroxylation is 1. The van der Waals surface area contributed by atoms with Crippen LogP contribution >= 0.6 is 0 Å². The predicted octanol–water partition coefficient (Wildman–Crippen LogP) is 2.30. The van der Waals surface area contributed by atoms with Crippen LogP contribution in [0, 0.1) is 11.6 Å². The van der Waals surface area contributed by atoms with Crippen molar-refractivity contribution in [2.45, 2.75) is 18.4 Å². The number of nitrogens with zero attached hydrogens (tertiary/aromatic N) is 1. The topological polar surface area (TPSA) is 78.5 Å². The number of amides is 4. The maximum absolute atomic E-state index is 13.2. The lowest BCUT2D eigenvalue weighted by Gasteiger charge is -2.22. The first-order chi connectivity index (χ1) is 12.9. The average Bonchev–Trinajstić information content (AvgIpc) is 3.12. The van der Waals surface area contributed by atoms with E-state index >= 15 is 0 Å². The second-order valence-corrected chi connectivity index (χ2v) is 6.56. The number of benzene rings is 2. The number of fused-ring (bicyclic) bond motifs is 2. The minimum atomic E-state index is -1.14. The molecule has 0 radical (unpaired) electrons. The minimum Gasteiger partial charge on any atom is -0.324 e. The van der Waals surface area contributed by atoms with Crippen molar-refractivity contribution in [2.75, 3.05) is 11.9 Å². The highest BCUT2D eigenvalue weighted by Crippen LogP contribution is 2.41. The van der Waals surface area contributed by atoms with Crippen molar-refractivity contribution in [2.24, 2.45) is 0 Å². The van der Waals surface area contributed by atoms with Gasteiger partial charge < -0.3 is 10.6 Å². The number of carbonyl (C=O) groups excluding carboxylic acids is 3. The maximum atomic E-state index is 13.2. The van der Waals surface area contributed by atoms with E-state index < -0.39 is 41.6 Å². The second-order valence-electron chi connectivity index (χ2n) is 6.56. The van der Waals surface area contributed by atoms with Gasteiger partial charge in [-0.05, 0) is 36.1 Å². The summed E-state index contributed by atoms with van der Waals surface area (Å²) in [7, 11) is 0. The molecule has 0 unspecified atom stereocenters. The summed E-state index contributed by atoms with van der Waals surface area (Å²) in [5.74, 6) is -3.32. The van der Waals surface area contributed by atoms with E-state index in [1.807, 2.05) is 12.1 Å². The molecule has 1 aliphatic heterocycles. The van der Waals surface area contributed by atoms with Crippen molar-refractivity contribution in [1.29, 1.82) is 0 Å². The molecule has 1 spiro atoms. The highest BCUT2D eigenvalue weighted by Gasteiger charge is 2.55. The number of hydrogen-bond acceptors (Lipinski definition) is 3. The minimum absolute atomic E-state index is 0.0341. The molecule has 138 valence electrons. The average molecular weight is 371 g/mol. The number of nitrogens with one attached hydrogen (secondary N) is 2. The molecule has 4 amide bonds. The first kappa shape index (κ1) is 17.1. The Morgan fingerprint density at radius 2 is 1.93 bits per heavy atom. The normalized spacial score (nSPS) is 20.7. The van der Waals surface area contributed by atoms with Crippen LogP contribution in [0.3, 0.4) is 0 Å². The van der Waals surface area contributed by atoms with E-state index in [9.17, 15) is 23.2 Å². The summed E-state index contributed by atoms with van der Waals surface area (Å²) >= 11 is 0. The van der Waals surface area contributed by atoms with Gasteiger partial charge in [0.15, 0.2) is 11.6 Å². The fraction of sp³-hybridized carbons (Fsp3) is 0.211. The van der Waals surface area contributed by atoms with Crippen molar-refractivity contribution in [1.82, 2.24) is 10.2 Å². The first-order valence-corrected chi connectivity index (χ1v) is 8.38. The van der Waals surface area contributed by atoms with Crippen LogP contribution in [0.4, 0.5) is 19.3 Å². The lowest BCUT2D eigenvalue weighted by molar-refractivity contribution is -0.134. The Morgan fingerprint density at radius 1 is 1.15 bits per heavy atom. The Hall–Kier alpha value is -3.29. The van der Waals surface area contributed by atoms with Crippen molar-refractivity contribution >= 4 is 23.5 Å². The van der Waals surface area contributed by atoms with Crippen LogP contribution in [0.5, 0.6) is 0 Å². The molecule has 1 heterocycles. The Morgan fingerprint density at radius 3 is 2.70 bits per heavy atom. The SMILES string of the molecule is O=C(CN1C(=O)N[C@]2(CCc3ccccc32)C1=O)Nc1ccc(F)c(F)c1. The van der Waals surface area contributed by atoms with E-state index in [1.165, 1.54) is 6.07 Å². The molecule has 2 aromatic rings. The summed E-state index contributed by atoms with van der Waals surface area (Å²) in [6.45, 7) is -0.520. The molecule has 2 N–H and O–H groups in total. The van der Waals surface area contributed by atoms with Gasteiger partial charge in [-0.3, -0.25) is 14.5 Å².